The van der Waals surface area contributed by atoms with Crippen molar-refractivity contribution in [3.8, 4) is 22.6 Å². The fourth-order valence-electron chi connectivity index (χ4n) is 8.87. The molecule has 3 aromatic heterocycles. The largest absolute Gasteiger partial charge is 0.496 e. The van der Waals surface area contributed by atoms with Gasteiger partial charge < -0.3 is 33.4 Å². The third-order valence-corrected chi connectivity index (χ3v) is 12.5. The molecule has 1 N–H and O–H groups in total. The van der Waals surface area contributed by atoms with Crippen LogP contribution >= 0.6 is 23.2 Å². The number of anilines is 1. The van der Waals surface area contributed by atoms with Gasteiger partial charge in [-0.2, -0.15) is 0 Å². The van der Waals surface area contributed by atoms with Crippen molar-refractivity contribution in [2.45, 2.75) is 66.7 Å². The van der Waals surface area contributed by atoms with Crippen LogP contribution in [0, 0.1) is 27.7 Å². The fourth-order valence-corrected chi connectivity index (χ4v) is 9.23. The molecule has 0 bridgehead atoms. The van der Waals surface area contributed by atoms with E-state index in [1.165, 1.54) is 0 Å². The van der Waals surface area contributed by atoms with E-state index >= 15 is 4.79 Å². The van der Waals surface area contributed by atoms with Crippen molar-refractivity contribution in [3.05, 3.63) is 134 Å². The average Bonchev–Trinajstić information content (AvgIpc) is 3.76. The molecule has 0 radical (unpaired) electrons. The Morgan fingerprint density at radius 2 is 1.59 bits per heavy atom. The molecule has 7 aromatic rings. The van der Waals surface area contributed by atoms with Gasteiger partial charge in [0.05, 0.1) is 42.1 Å². The number of rotatable bonds is 13. The first-order valence-electron chi connectivity index (χ1n) is 20.2. The zero-order valence-electron chi connectivity index (χ0n) is 35.2. The predicted molar refractivity (Wildman–Crippen MR) is 240 cm³/mol. The third kappa shape index (κ3) is 7.60. The lowest BCUT2D eigenvalue weighted by Crippen LogP contribution is -2.43. The summed E-state index contributed by atoms with van der Waals surface area (Å²) in [4.78, 5) is 39.2. The molecule has 11 nitrogen and oxygen atoms in total. The maximum atomic E-state index is 15.3. The number of carbonyl (C=O) groups is 2. The number of carbonyl (C=O) groups excluding carboxylic acids is 1. The van der Waals surface area contributed by atoms with Gasteiger partial charge in [0, 0.05) is 57.9 Å². The van der Waals surface area contributed by atoms with Crippen molar-refractivity contribution >= 4 is 62.6 Å². The van der Waals surface area contributed by atoms with E-state index in [-0.39, 0.29) is 24.2 Å². The van der Waals surface area contributed by atoms with Crippen molar-refractivity contribution in [3.63, 3.8) is 0 Å². The Labute approximate surface area is 364 Å². The number of nitrogens with zero attached hydrogens (tertiary/aromatic N) is 5. The van der Waals surface area contributed by atoms with E-state index in [0.717, 1.165) is 66.4 Å². The summed E-state index contributed by atoms with van der Waals surface area (Å²) in [5.41, 5.74) is 9.49. The van der Waals surface area contributed by atoms with Crippen LogP contribution in [0.5, 0.6) is 11.5 Å². The van der Waals surface area contributed by atoms with Crippen LogP contribution in [0.1, 0.15) is 79.8 Å². The molecular formula is C48H47Cl2N5O6. The summed E-state index contributed by atoms with van der Waals surface area (Å²) in [6, 6.07) is 22.7. The van der Waals surface area contributed by atoms with E-state index < -0.39 is 5.97 Å². The number of hydrogen-bond donors (Lipinski definition) is 1. The maximum absolute atomic E-state index is 15.3. The zero-order chi connectivity index (χ0) is 43.3. The van der Waals surface area contributed by atoms with Gasteiger partial charge in [0.15, 0.2) is 5.82 Å². The minimum absolute atomic E-state index is 0.0835. The standard InChI is InChI=1S/C48H47Cl2N5O6/c1-26-20-32(21-27(2)43(26)50)61-19-11-14-33-34-15-16-36(49)42(41-29(4)51-40(52-30(41)5)25-60-24-31-12-9-8-10-13-31)45(34)55-28(3)23-54(47(56)46(33)55)37-17-18-39(59-7)35-22-38(48(57)58)53(6)44(35)37/h8-10,12-13,15-18,20-22,28H,11,14,19,23-25H2,1-7H3,(H,57,58). The van der Waals surface area contributed by atoms with Gasteiger partial charge in [-0.25, -0.2) is 14.8 Å². The summed E-state index contributed by atoms with van der Waals surface area (Å²) >= 11 is 13.7. The lowest BCUT2D eigenvalue weighted by Gasteiger charge is -2.35. The van der Waals surface area contributed by atoms with Gasteiger partial charge in [-0.05, 0) is 106 Å². The van der Waals surface area contributed by atoms with E-state index in [0.29, 0.717) is 71.5 Å². The number of aryl methyl sites for hydroxylation is 6. The zero-order valence-corrected chi connectivity index (χ0v) is 36.7. The SMILES string of the molecule is COc1ccc(N2CC(C)n3c(c(CCCOc4cc(C)c(Cl)c(C)c4)c4ccc(Cl)c(-c5c(C)nc(COCc6ccccc6)nc5C)c43)C2=O)c2c1cc(C(=O)O)n2C. The number of carboxylic acid groups (broad SMARTS) is 1. The maximum Gasteiger partial charge on any atom is 0.352 e. The highest BCUT2D eigenvalue weighted by atomic mass is 35.5. The molecule has 1 aliphatic rings. The van der Waals surface area contributed by atoms with Crippen molar-refractivity contribution in [2.75, 3.05) is 25.2 Å². The number of methoxy groups -OCH3 is 1. The number of ether oxygens (including phenoxy) is 3. The van der Waals surface area contributed by atoms with E-state index in [9.17, 15) is 9.90 Å². The molecule has 0 spiro atoms. The third-order valence-electron chi connectivity index (χ3n) is 11.6. The monoisotopic (exact) mass is 859 g/mol. The number of amides is 1. The van der Waals surface area contributed by atoms with Crippen molar-refractivity contribution < 1.29 is 28.9 Å². The molecule has 1 atom stereocenters. The molecule has 0 aliphatic carbocycles. The van der Waals surface area contributed by atoms with Crippen LogP contribution in [-0.2, 0) is 31.4 Å². The molecule has 0 saturated heterocycles. The summed E-state index contributed by atoms with van der Waals surface area (Å²) in [5.74, 6) is 0.529. The van der Waals surface area contributed by atoms with E-state index in [2.05, 4.69) is 11.5 Å². The topological polar surface area (TPSA) is 121 Å². The minimum Gasteiger partial charge on any atom is -0.496 e. The highest BCUT2D eigenvalue weighted by Crippen LogP contribution is 2.46. The lowest BCUT2D eigenvalue weighted by molar-refractivity contribution is 0.0687. The van der Waals surface area contributed by atoms with Gasteiger partial charge in [0.25, 0.3) is 5.91 Å². The van der Waals surface area contributed by atoms with Gasteiger partial charge in [-0.3, -0.25) is 4.79 Å². The second-order valence-electron chi connectivity index (χ2n) is 15.7. The quantitative estimate of drug-likeness (QED) is 0.114. The van der Waals surface area contributed by atoms with Crippen molar-refractivity contribution in [1.82, 2.24) is 19.1 Å². The number of aromatic nitrogens is 4. The molecule has 61 heavy (non-hydrogen) atoms. The molecule has 8 rings (SSSR count). The number of benzene rings is 4. The normalized spacial score (nSPS) is 14.0. The van der Waals surface area contributed by atoms with Gasteiger partial charge in [-0.15, -0.1) is 0 Å². The second-order valence-corrected chi connectivity index (χ2v) is 16.5. The molecule has 13 heteroatoms. The molecule has 4 aromatic carbocycles. The predicted octanol–water partition coefficient (Wildman–Crippen LogP) is 10.8. The Hall–Kier alpha value is -5.88. The smallest absolute Gasteiger partial charge is 0.352 e. The number of halogens is 2. The Balaban J connectivity index is 1.24. The molecule has 1 unspecified atom stereocenters. The molecule has 4 heterocycles. The number of carboxylic acids is 1. The average molecular weight is 861 g/mol. The van der Waals surface area contributed by atoms with Crippen LogP contribution in [0.2, 0.25) is 10.0 Å². The summed E-state index contributed by atoms with van der Waals surface area (Å²) in [7, 11) is 3.24. The highest BCUT2D eigenvalue weighted by Gasteiger charge is 2.38. The lowest BCUT2D eigenvalue weighted by atomic mass is 9.97. The summed E-state index contributed by atoms with van der Waals surface area (Å²) in [5, 5.41) is 12.8. The van der Waals surface area contributed by atoms with E-state index in [4.69, 9.17) is 47.4 Å². The van der Waals surface area contributed by atoms with Crippen molar-refractivity contribution in [1.29, 1.82) is 0 Å². The van der Waals surface area contributed by atoms with Crippen LogP contribution in [0.3, 0.4) is 0 Å². The first kappa shape index (κ1) is 41.8. The molecule has 1 aliphatic heterocycles. The molecule has 0 saturated carbocycles. The molecule has 314 valence electrons. The van der Waals surface area contributed by atoms with Crippen LogP contribution < -0.4 is 14.4 Å². The number of fused-ring (bicyclic) bond motifs is 4. The molecule has 1 amide bonds. The van der Waals surface area contributed by atoms with Gasteiger partial charge in [0.1, 0.15) is 29.5 Å². The Morgan fingerprint density at radius 1 is 0.885 bits per heavy atom. The molecule has 0 fully saturated rings. The number of hydrogen-bond acceptors (Lipinski definition) is 7. The van der Waals surface area contributed by atoms with Crippen LogP contribution in [0.25, 0.3) is 32.9 Å². The van der Waals surface area contributed by atoms with Gasteiger partial charge in [0.2, 0.25) is 0 Å². The number of aromatic carboxylic acids is 1. The highest BCUT2D eigenvalue weighted by molar-refractivity contribution is 6.35. The fraction of sp³-hybridized carbons (Fsp3) is 0.292. The Morgan fingerprint density at radius 3 is 2.26 bits per heavy atom. The Kier molecular flexibility index (Phi) is 11.6. The van der Waals surface area contributed by atoms with E-state index in [1.54, 1.807) is 35.8 Å². The minimum atomic E-state index is -1.08. The first-order chi connectivity index (χ1) is 29.3. The first-order valence-corrected chi connectivity index (χ1v) is 21.0. The van der Waals surface area contributed by atoms with Crippen LogP contribution in [-0.4, -0.2) is 56.3 Å². The van der Waals surface area contributed by atoms with Gasteiger partial charge >= 0.3 is 5.97 Å². The summed E-state index contributed by atoms with van der Waals surface area (Å²) in [6.07, 6.45) is 1.13. The van der Waals surface area contributed by atoms with Crippen LogP contribution in [0.15, 0.2) is 72.8 Å². The van der Waals surface area contributed by atoms with Crippen molar-refractivity contribution in [2.24, 2.45) is 7.05 Å². The van der Waals surface area contributed by atoms with Crippen LogP contribution in [0.4, 0.5) is 5.69 Å². The molecular weight excluding hydrogens is 813 g/mol. The summed E-state index contributed by atoms with van der Waals surface area (Å²) in [6.45, 7) is 11.3. The van der Waals surface area contributed by atoms with E-state index in [1.807, 2.05) is 88.4 Å². The summed E-state index contributed by atoms with van der Waals surface area (Å²) < 4.78 is 21.7. The second kappa shape index (κ2) is 16.9. The van der Waals surface area contributed by atoms with Gasteiger partial charge in [-0.1, -0.05) is 59.6 Å². The Bertz CT molecular complexity index is 2820.